The Morgan fingerprint density at radius 3 is 2.11 bits per heavy atom. The first kappa shape index (κ1) is 19.8. The highest BCUT2D eigenvalue weighted by atomic mass is 16.9. The van der Waals surface area contributed by atoms with Gasteiger partial charge in [0.05, 0.1) is 0 Å². The van der Waals surface area contributed by atoms with E-state index in [1.54, 1.807) is 0 Å². The molecule has 3 saturated heterocycles. The Morgan fingerprint density at radius 2 is 1.46 bits per heavy atom. The number of nitrogens with one attached hydrogen (secondary N) is 1. The topological polar surface area (TPSA) is 75.3 Å². The van der Waals surface area contributed by atoms with Crippen molar-refractivity contribution in [3.63, 3.8) is 0 Å². The van der Waals surface area contributed by atoms with Gasteiger partial charge < -0.3 is 29.0 Å². The Kier molecular flexibility index (Phi) is 4.79. The zero-order valence-corrected chi connectivity index (χ0v) is 17.2. The quantitative estimate of drug-likeness (QED) is 0.853. The van der Waals surface area contributed by atoms with Crippen molar-refractivity contribution in [2.24, 2.45) is 0 Å². The van der Waals surface area contributed by atoms with Gasteiger partial charge in [0.15, 0.2) is 24.0 Å². The molecule has 3 fully saturated rings. The normalized spacial score (nSPS) is 35.5. The molecule has 28 heavy (non-hydrogen) atoms. The molecule has 0 saturated carbocycles. The largest absolute Gasteiger partial charge is 0.342 e. The summed E-state index contributed by atoms with van der Waals surface area (Å²) in [5.74, 6) is -1.51. The molecular formula is C21H29NO6. The number of carbonyl (C=O) groups excluding carboxylic acids is 1. The second-order valence-electron chi connectivity index (χ2n) is 8.86. The first-order valence-corrected chi connectivity index (χ1v) is 9.82. The van der Waals surface area contributed by atoms with Crippen LogP contribution in [-0.2, 0) is 28.5 Å². The van der Waals surface area contributed by atoms with E-state index in [9.17, 15) is 4.79 Å². The monoisotopic (exact) mass is 391 g/mol. The zero-order chi connectivity index (χ0) is 20.3. The van der Waals surface area contributed by atoms with Crippen LogP contribution in [0.5, 0.6) is 0 Å². The Hall–Kier alpha value is -1.51. The van der Waals surface area contributed by atoms with Crippen molar-refractivity contribution in [3.05, 3.63) is 29.8 Å². The molecule has 0 spiro atoms. The minimum absolute atomic E-state index is 0.291. The van der Waals surface area contributed by atoms with Gasteiger partial charge in [-0.15, -0.1) is 0 Å². The number of anilines is 1. The van der Waals surface area contributed by atoms with Crippen LogP contribution < -0.4 is 5.32 Å². The van der Waals surface area contributed by atoms with Crippen molar-refractivity contribution >= 4 is 11.6 Å². The van der Waals surface area contributed by atoms with Gasteiger partial charge in [-0.2, -0.15) is 0 Å². The molecule has 7 nitrogen and oxygen atoms in total. The van der Waals surface area contributed by atoms with E-state index < -0.39 is 42.3 Å². The lowest BCUT2D eigenvalue weighted by atomic mass is 9.98. The van der Waals surface area contributed by atoms with Gasteiger partial charge in [-0.25, -0.2) is 0 Å². The molecule has 3 aliphatic rings. The van der Waals surface area contributed by atoms with Gasteiger partial charge in [-0.3, -0.25) is 4.79 Å². The van der Waals surface area contributed by atoms with Crippen molar-refractivity contribution in [1.82, 2.24) is 0 Å². The number of amides is 1. The van der Waals surface area contributed by atoms with E-state index in [1.807, 2.05) is 52.0 Å². The van der Waals surface area contributed by atoms with Crippen LogP contribution in [0.25, 0.3) is 0 Å². The van der Waals surface area contributed by atoms with Gasteiger partial charge in [0.1, 0.15) is 18.3 Å². The van der Waals surface area contributed by atoms with Crippen molar-refractivity contribution in [2.75, 3.05) is 5.32 Å². The number of benzene rings is 1. The van der Waals surface area contributed by atoms with Gasteiger partial charge in [0, 0.05) is 5.69 Å². The predicted octanol–water partition coefficient (Wildman–Crippen LogP) is 3.15. The summed E-state index contributed by atoms with van der Waals surface area (Å²) in [7, 11) is 0. The van der Waals surface area contributed by atoms with E-state index in [2.05, 4.69) is 19.2 Å². The second-order valence-corrected chi connectivity index (χ2v) is 8.86. The molecule has 1 aromatic carbocycles. The number of hydrogen-bond donors (Lipinski definition) is 1. The fraction of sp³-hybridized carbons (Fsp3) is 0.667. The molecule has 0 aliphatic carbocycles. The van der Waals surface area contributed by atoms with Crippen LogP contribution in [0.3, 0.4) is 0 Å². The molecule has 0 aromatic heterocycles. The SMILES string of the molecule is CC(C)c1ccc(NC(=O)[C@@H]2O[C@@H]3OC(C)(C)O[C@@H]3[C@H]3OC(C)(C)O[C@@H]32)cc1. The van der Waals surface area contributed by atoms with Crippen LogP contribution in [-0.4, -0.2) is 48.2 Å². The van der Waals surface area contributed by atoms with E-state index in [0.717, 1.165) is 0 Å². The summed E-state index contributed by atoms with van der Waals surface area (Å²) in [6.07, 6.45) is -3.03. The summed E-state index contributed by atoms with van der Waals surface area (Å²) < 4.78 is 29.8. The minimum Gasteiger partial charge on any atom is -0.342 e. The summed E-state index contributed by atoms with van der Waals surface area (Å²) in [6, 6.07) is 7.81. The number of ether oxygens (including phenoxy) is 5. The van der Waals surface area contributed by atoms with Crippen molar-refractivity contribution in [3.8, 4) is 0 Å². The summed E-state index contributed by atoms with van der Waals surface area (Å²) >= 11 is 0. The van der Waals surface area contributed by atoms with Gasteiger partial charge in [0.25, 0.3) is 5.91 Å². The maximum atomic E-state index is 13.0. The molecule has 0 radical (unpaired) electrons. The molecule has 0 bridgehead atoms. The van der Waals surface area contributed by atoms with E-state index >= 15 is 0 Å². The van der Waals surface area contributed by atoms with Crippen LogP contribution >= 0.6 is 0 Å². The fourth-order valence-corrected chi connectivity index (χ4v) is 3.99. The van der Waals surface area contributed by atoms with Crippen LogP contribution in [0.2, 0.25) is 0 Å². The standard InChI is InChI=1S/C21H29NO6/c1-11(2)12-7-9-13(10-8-12)22-18(23)16-14-15(26-20(3,4)25-14)17-19(24-16)28-21(5,6)27-17/h7-11,14-17,19H,1-6H3,(H,22,23)/t14-,15-,16+,17+,19+/m0/s1. The van der Waals surface area contributed by atoms with E-state index in [-0.39, 0.29) is 5.91 Å². The highest BCUT2D eigenvalue weighted by Crippen LogP contribution is 2.44. The highest BCUT2D eigenvalue weighted by molar-refractivity contribution is 5.94. The molecule has 7 heteroatoms. The Balaban J connectivity index is 1.53. The van der Waals surface area contributed by atoms with E-state index in [0.29, 0.717) is 11.6 Å². The molecule has 1 aromatic rings. The number of fused-ring (bicyclic) bond motifs is 3. The maximum Gasteiger partial charge on any atom is 0.256 e. The molecular weight excluding hydrogens is 362 g/mol. The lowest BCUT2D eigenvalue weighted by Crippen LogP contribution is -2.58. The lowest BCUT2D eigenvalue weighted by Gasteiger charge is -2.36. The predicted molar refractivity (Wildman–Crippen MR) is 102 cm³/mol. The summed E-state index contributed by atoms with van der Waals surface area (Å²) in [5, 5.41) is 2.92. The number of hydrogen-bond acceptors (Lipinski definition) is 6. The smallest absolute Gasteiger partial charge is 0.256 e. The van der Waals surface area contributed by atoms with Gasteiger partial charge >= 0.3 is 0 Å². The second kappa shape index (κ2) is 6.78. The van der Waals surface area contributed by atoms with Crippen molar-refractivity contribution in [1.29, 1.82) is 0 Å². The number of rotatable bonds is 3. The molecule has 3 aliphatic heterocycles. The third-order valence-electron chi connectivity index (χ3n) is 5.26. The summed E-state index contributed by atoms with van der Waals surface area (Å²) in [6.45, 7) is 11.5. The van der Waals surface area contributed by atoms with Crippen LogP contribution in [0.1, 0.15) is 53.0 Å². The van der Waals surface area contributed by atoms with Gasteiger partial charge in [-0.05, 0) is 51.3 Å². The average molecular weight is 391 g/mol. The molecule has 1 amide bonds. The Bertz CT molecular complexity index is 744. The number of carbonyl (C=O) groups is 1. The maximum absolute atomic E-state index is 13.0. The third kappa shape index (κ3) is 3.69. The first-order chi connectivity index (χ1) is 13.0. The first-order valence-electron chi connectivity index (χ1n) is 9.82. The van der Waals surface area contributed by atoms with Gasteiger partial charge in [0.2, 0.25) is 0 Å². The van der Waals surface area contributed by atoms with Crippen LogP contribution in [0.4, 0.5) is 5.69 Å². The average Bonchev–Trinajstić information content (AvgIpc) is 3.08. The van der Waals surface area contributed by atoms with Crippen molar-refractivity contribution in [2.45, 2.75) is 89.7 Å². The van der Waals surface area contributed by atoms with E-state index in [1.165, 1.54) is 5.56 Å². The van der Waals surface area contributed by atoms with E-state index in [4.69, 9.17) is 23.7 Å². The van der Waals surface area contributed by atoms with Crippen molar-refractivity contribution < 1.29 is 28.5 Å². The van der Waals surface area contributed by atoms with Crippen LogP contribution in [0.15, 0.2) is 24.3 Å². The molecule has 154 valence electrons. The lowest BCUT2D eigenvalue weighted by molar-refractivity contribution is -0.229. The molecule has 1 N–H and O–H groups in total. The molecule has 3 heterocycles. The fourth-order valence-electron chi connectivity index (χ4n) is 3.99. The Morgan fingerprint density at radius 1 is 0.893 bits per heavy atom. The summed E-state index contributed by atoms with van der Waals surface area (Å²) in [5.41, 5.74) is 1.92. The molecule has 5 atom stereocenters. The zero-order valence-electron chi connectivity index (χ0n) is 17.2. The van der Waals surface area contributed by atoms with Crippen LogP contribution in [0, 0.1) is 0 Å². The highest BCUT2D eigenvalue weighted by Gasteiger charge is 2.62. The molecule has 4 rings (SSSR count). The minimum atomic E-state index is -0.865. The molecule has 0 unspecified atom stereocenters. The summed E-state index contributed by atoms with van der Waals surface area (Å²) in [4.78, 5) is 13.0. The Labute approximate surface area is 165 Å². The third-order valence-corrected chi connectivity index (χ3v) is 5.26. The van der Waals surface area contributed by atoms with Gasteiger partial charge in [-0.1, -0.05) is 26.0 Å².